The third-order valence-electron chi connectivity index (χ3n) is 4.59. The third kappa shape index (κ3) is 2.96. The molecular formula is C16H21NO4. The Morgan fingerprint density at radius 1 is 1.38 bits per heavy atom. The average Bonchev–Trinajstić information content (AvgIpc) is 2.94. The lowest BCUT2D eigenvalue weighted by Crippen LogP contribution is -2.43. The van der Waals surface area contributed by atoms with Crippen molar-refractivity contribution in [2.45, 2.75) is 44.1 Å². The number of hydrogen-bond donors (Lipinski definition) is 0. The van der Waals surface area contributed by atoms with Crippen LogP contribution in [0.1, 0.15) is 43.8 Å². The van der Waals surface area contributed by atoms with Gasteiger partial charge in [-0.1, -0.05) is 12.8 Å². The van der Waals surface area contributed by atoms with Gasteiger partial charge in [-0.05, 0) is 31.4 Å². The molecule has 2 aliphatic rings. The SMILES string of the molecule is COC(=O)CN(C(=O)[C@H]1C[C@H]1c1ccco1)C1CCCC1. The summed E-state index contributed by atoms with van der Waals surface area (Å²) in [5.41, 5.74) is 0. The van der Waals surface area contributed by atoms with Crippen LogP contribution < -0.4 is 0 Å². The lowest BCUT2D eigenvalue weighted by Gasteiger charge is -2.28. The van der Waals surface area contributed by atoms with E-state index in [2.05, 4.69) is 0 Å². The van der Waals surface area contributed by atoms with Gasteiger partial charge in [-0.2, -0.15) is 0 Å². The highest BCUT2D eigenvalue weighted by molar-refractivity contribution is 5.86. The molecule has 0 aromatic carbocycles. The Bertz CT molecular complexity index is 504. The number of nitrogens with zero attached hydrogens (tertiary/aromatic N) is 1. The summed E-state index contributed by atoms with van der Waals surface area (Å²) in [6, 6.07) is 3.95. The van der Waals surface area contributed by atoms with Crippen molar-refractivity contribution in [2.75, 3.05) is 13.7 Å². The van der Waals surface area contributed by atoms with Crippen LogP contribution in [0.3, 0.4) is 0 Å². The molecule has 1 aromatic rings. The largest absolute Gasteiger partial charge is 0.469 e. The van der Waals surface area contributed by atoms with Crippen molar-refractivity contribution < 1.29 is 18.7 Å². The van der Waals surface area contributed by atoms with E-state index in [1.54, 1.807) is 11.2 Å². The predicted molar refractivity (Wildman–Crippen MR) is 75.5 cm³/mol. The van der Waals surface area contributed by atoms with Gasteiger partial charge >= 0.3 is 5.97 Å². The second-order valence-corrected chi connectivity index (χ2v) is 5.94. The van der Waals surface area contributed by atoms with Crippen molar-refractivity contribution in [3.63, 3.8) is 0 Å². The van der Waals surface area contributed by atoms with Crippen LogP contribution in [0.4, 0.5) is 0 Å². The minimum atomic E-state index is -0.342. The minimum absolute atomic E-state index is 0.0404. The third-order valence-corrected chi connectivity index (χ3v) is 4.59. The monoisotopic (exact) mass is 291 g/mol. The Hall–Kier alpha value is -1.78. The van der Waals surface area contributed by atoms with Gasteiger partial charge < -0.3 is 14.1 Å². The first-order chi connectivity index (χ1) is 10.2. The molecule has 1 amide bonds. The van der Waals surface area contributed by atoms with E-state index in [0.29, 0.717) is 0 Å². The summed E-state index contributed by atoms with van der Waals surface area (Å²) < 4.78 is 10.1. The van der Waals surface area contributed by atoms with Crippen LogP contribution in [-0.2, 0) is 14.3 Å². The molecule has 2 fully saturated rings. The summed E-state index contributed by atoms with van der Waals surface area (Å²) in [5.74, 6) is 0.743. The van der Waals surface area contributed by atoms with Crippen LogP contribution >= 0.6 is 0 Å². The van der Waals surface area contributed by atoms with Crippen LogP contribution in [0.5, 0.6) is 0 Å². The normalized spacial score (nSPS) is 24.8. The Kier molecular flexibility index (Phi) is 3.99. The highest BCUT2D eigenvalue weighted by atomic mass is 16.5. The first kappa shape index (κ1) is 14.2. The van der Waals surface area contributed by atoms with E-state index in [-0.39, 0.29) is 36.3 Å². The molecule has 1 heterocycles. The maximum Gasteiger partial charge on any atom is 0.325 e. The zero-order valence-corrected chi connectivity index (χ0v) is 12.3. The van der Waals surface area contributed by atoms with Crippen molar-refractivity contribution in [2.24, 2.45) is 5.92 Å². The molecule has 0 spiro atoms. The Balaban J connectivity index is 1.68. The van der Waals surface area contributed by atoms with E-state index >= 15 is 0 Å². The molecule has 0 bridgehead atoms. The molecule has 2 aliphatic carbocycles. The number of carbonyl (C=O) groups excluding carboxylic acids is 2. The fraction of sp³-hybridized carbons (Fsp3) is 0.625. The first-order valence-corrected chi connectivity index (χ1v) is 7.61. The van der Waals surface area contributed by atoms with E-state index in [0.717, 1.165) is 37.9 Å². The molecule has 0 saturated heterocycles. The quantitative estimate of drug-likeness (QED) is 0.781. The van der Waals surface area contributed by atoms with Gasteiger partial charge in [0.05, 0.1) is 13.4 Å². The van der Waals surface area contributed by atoms with Crippen LogP contribution in [0.15, 0.2) is 22.8 Å². The van der Waals surface area contributed by atoms with Gasteiger partial charge in [0.25, 0.3) is 0 Å². The molecule has 5 nitrogen and oxygen atoms in total. The molecule has 21 heavy (non-hydrogen) atoms. The standard InChI is InChI=1S/C16H21NO4/c1-20-15(18)10-17(11-5-2-3-6-11)16(19)13-9-12(13)14-7-4-8-21-14/h4,7-8,11-13H,2-3,5-6,9-10H2,1H3/t12-,13+/m1/s1. The van der Waals surface area contributed by atoms with Crippen molar-refractivity contribution in [1.29, 1.82) is 0 Å². The smallest absolute Gasteiger partial charge is 0.325 e. The number of methoxy groups -OCH3 is 1. The number of furan rings is 1. The maximum absolute atomic E-state index is 12.7. The predicted octanol–water partition coefficient (Wildman–Crippen LogP) is 2.33. The number of carbonyl (C=O) groups is 2. The number of esters is 1. The Morgan fingerprint density at radius 2 is 2.14 bits per heavy atom. The second-order valence-electron chi connectivity index (χ2n) is 5.94. The van der Waals surface area contributed by atoms with Gasteiger partial charge in [0.1, 0.15) is 12.3 Å². The Morgan fingerprint density at radius 3 is 2.76 bits per heavy atom. The summed E-state index contributed by atoms with van der Waals surface area (Å²) in [7, 11) is 1.36. The topological polar surface area (TPSA) is 59.8 Å². The van der Waals surface area contributed by atoms with Gasteiger partial charge in [0.2, 0.25) is 5.91 Å². The van der Waals surface area contributed by atoms with Crippen molar-refractivity contribution in [3.05, 3.63) is 24.2 Å². The van der Waals surface area contributed by atoms with Crippen LogP contribution in [0.25, 0.3) is 0 Å². The van der Waals surface area contributed by atoms with Crippen molar-refractivity contribution >= 4 is 11.9 Å². The van der Waals surface area contributed by atoms with Gasteiger partial charge in [-0.15, -0.1) is 0 Å². The Labute approximate surface area is 124 Å². The lowest BCUT2D eigenvalue weighted by molar-refractivity contribution is -0.149. The molecule has 2 saturated carbocycles. The molecule has 0 N–H and O–H groups in total. The summed E-state index contributed by atoms with van der Waals surface area (Å²) in [4.78, 5) is 26.1. The highest BCUT2D eigenvalue weighted by Crippen LogP contribution is 2.49. The van der Waals surface area contributed by atoms with E-state index in [4.69, 9.17) is 9.15 Å². The number of ether oxygens (including phenoxy) is 1. The van der Waals surface area contributed by atoms with E-state index in [9.17, 15) is 9.59 Å². The molecule has 3 rings (SSSR count). The summed E-state index contributed by atoms with van der Waals surface area (Å²) in [5, 5.41) is 0. The van der Waals surface area contributed by atoms with Gasteiger partial charge in [-0.3, -0.25) is 9.59 Å². The summed E-state index contributed by atoms with van der Waals surface area (Å²) in [6.07, 6.45) is 6.68. The number of hydrogen-bond acceptors (Lipinski definition) is 4. The summed E-state index contributed by atoms with van der Waals surface area (Å²) in [6.45, 7) is 0.0708. The second kappa shape index (κ2) is 5.92. The van der Waals surface area contributed by atoms with Gasteiger partial charge in [0, 0.05) is 17.9 Å². The fourth-order valence-electron chi connectivity index (χ4n) is 3.30. The van der Waals surface area contributed by atoms with Crippen molar-refractivity contribution in [3.8, 4) is 0 Å². The fourth-order valence-corrected chi connectivity index (χ4v) is 3.30. The molecular weight excluding hydrogens is 270 g/mol. The van der Waals surface area contributed by atoms with Crippen LogP contribution in [-0.4, -0.2) is 36.5 Å². The van der Waals surface area contributed by atoms with Crippen LogP contribution in [0, 0.1) is 5.92 Å². The van der Waals surface area contributed by atoms with Gasteiger partial charge in [-0.25, -0.2) is 0 Å². The highest BCUT2D eigenvalue weighted by Gasteiger charge is 2.49. The number of amides is 1. The van der Waals surface area contributed by atoms with E-state index in [1.165, 1.54) is 7.11 Å². The van der Waals surface area contributed by atoms with E-state index in [1.807, 2.05) is 12.1 Å². The molecule has 0 aliphatic heterocycles. The van der Waals surface area contributed by atoms with Crippen LogP contribution in [0.2, 0.25) is 0 Å². The zero-order valence-electron chi connectivity index (χ0n) is 12.3. The van der Waals surface area contributed by atoms with Gasteiger partial charge in [0.15, 0.2) is 0 Å². The minimum Gasteiger partial charge on any atom is -0.469 e. The summed E-state index contributed by atoms with van der Waals surface area (Å²) >= 11 is 0. The van der Waals surface area contributed by atoms with Crippen molar-refractivity contribution in [1.82, 2.24) is 4.90 Å². The molecule has 0 radical (unpaired) electrons. The molecule has 2 atom stereocenters. The molecule has 5 heteroatoms. The molecule has 0 unspecified atom stereocenters. The lowest BCUT2D eigenvalue weighted by atomic mass is 10.1. The average molecular weight is 291 g/mol. The number of rotatable bonds is 5. The maximum atomic E-state index is 12.7. The first-order valence-electron chi connectivity index (χ1n) is 7.61. The van der Waals surface area contributed by atoms with E-state index < -0.39 is 0 Å². The molecule has 1 aromatic heterocycles. The molecule has 114 valence electrons. The zero-order chi connectivity index (χ0) is 14.8.